The SMILES string of the molecule is Cl.NCCNc1nc2cc(Br)c(Br)c3c2n1CCC3. The Balaban J connectivity index is 0.00000133. The van der Waals surface area contributed by atoms with E-state index in [9.17, 15) is 0 Å². The Morgan fingerprint density at radius 2 is 2.21 bits per heavy atom. The van der Waals surface area contributed by atoms with Crippen LogP contribution < -0.4 is 11.1 Å². The molecule has 0 unspecified atom stereocenters. The highest BCUT2D eigenvalue weighted by molar-refractivity contribution is 9.13. The van der Waals surface area contributed by atoms with Crippen molar-refractivity contribution in [2.24, 2.45) is 5.73 Å². The first kappa shape index (κ1) is 15.1. The Morgan fingerprint density at radius 1 is 1.42 bits per heavy atom. The number of aromatic nitrogens is 2. The largest absolute Gasteiger partial charge is 0.354 e. The van der Waals surface area contributed by atoms with Gasteiger partial charge >= 0.3 is 0 Å². The maximum absolute atomic E-state index is 5.54. The molecule has 0 spiro atoms. The molecule has 1 aromatic heterocycles. The smallest absolute Gasteiger partial charge is 0.203 e. The average Bonchev–Trinajstić information content (AvgIpc) is 2.73. The third-order valence-corrected chi connectivity index (χ3v) is 5.32. The monoisotopic (exact) mass is 408 g/mol. The van der Waals surface area contributed by atoms with Gasteiger partial charge in [0.15, 0.2) is 0 Å². The first-order valence-corrected chi connectivity index (χ1v) is 7.62. The van der Waals surface area contributed by atoms with Crippen molar-refractivity contribution >= 4 is 61.2 Å². The number of rotatable bonds is 3. The predicted molar refractivity (Wildman–Crippen MR) is 88.2 cm³/mol. The summed E-state index contributed by atoms with van der Waals surface area (Å²) in [6.45, 7) is 2.38. The summed E-state index contributed by atoms with van der Waals surface area (Å²) in [6.07, 6.45) is 2.24. The molecular weight excluding hydrogens is 395 g/mol. The van der Waals surface area contributed by atoms with Crippen LogP contribution in [-0.4, -0.2) is 22.6 Å². The van der Waals surface area contributed by atoms with Gasteiger partial charge in [-0.3, -0.25) is 0 Å². The van der Waals surface area contributed by atoms with Crippen LogP contribution in [-0.2, 0) is 13.0 Å². The first-order chi connectivity index (χ1) is 8.72. The van der Waals surface area contributed by atoms with E-state index in [1.165, 1.54) is 11.1 Å². The number of imidazole rings is 1. The Hall–Kier alpha value is -0.300. The van der Waals surface area contributed by atoms with E-state index in [4.69, 9.17) is 5.73 Å². The molecule has 0 atom stereocenters. The highest BCUT2D eigenvalue weighted by Gasteiger charge is 2.21. The van der Waals surface area contributed by atoms with E-state index < -0.39 is 0 Å². The molecule has 0 saturated carbocycles. The summed E-state index contributed by atoms with van der Waals surface area (Å²) in [5, 5.41) is 3.30. The number of benzene rings is 1. The topological polar surface area (TPSA) is 55.9 Å². The molecule has 19 heavy (non-hydrogen) atoms. The minimum absolute atomic E-state index is 0. The summed E-state index contributed by atoms with van der Waals surface area (Å²) in [4.78, 5) is 4.67. The van der Waals surface area contributed by atoms with Gasteiger partial charge in [-0.05, 0) is 56.3 Å². The van der Waals surface area contributed by atoms with Gasteiger partial charge in [0.2, 0.25) is 5.95 Å². The van der Waals surface area contributed by atoms with E-state index in [0.717, 1.165) is 46.3 Å². The summed E-state index contributed by atoms with van der Waals surface area (Å²) < 4.78 is 4.49. The van der Waals surface area contributed by atoms with Crippen molar-refractivity contribution in [3.63, 3.8) is 0 Å². The Bertz CT molecular complexity index is 612. The number of anilines is 1. The van der Waals surface area contributed by atoms with Gasteiger partial charge in [0.25, 0.3) is 0 Å². The van der Waals surface area contributed by atoms with E-state index in [1.807, 2.05) is 0 Å². The summed E-state index contributed by atoms with van der Waals surface area (Å²) in [5.74, 6) is 0.932. The lowest BCUT2D eigenvalue weighted by molar-refractivity contribution is 0.634. The number of nitrogens with two attached hydrogens (primary N) is 1. The molecule has 0 aliphatic carbocycles. The highest BCUT2D eigenvalue weighted by atomic mass is 79.9. The fourth-order valence-corrected chi connectivity index (χ4v) is 3.46. The number of halogens is 3. The molecule has 0 bridgehead atoms. The van der Waals surface area contributed by atoms with Crippen molar-refractivity contribution in [3.05, 3.63) is 20.6 Å². The first-order valence-electron chi connectivity index (χ1n) is 6.03. The van der Waals surface area contributed by atoms with Crippen LogP contribution in [0.25, 0.3) is 11.0 Å². The molecule has 3 rings (SSSR count). The number of hydrogen-bond acceptors (Lipinski definition) is 3. The third-order valence-electron chi connectivity index (χ3n) is 3.25. The van der Waals surface area contributed by atoms with E-state index in [-0.39, 0.29) is 12.4 Å². The number of aryl methyl sites for hydroxylation is 2. The van der Waals surface area contributed by atoms with E-state index in [1.54, 1.807) is 0 Å². The molecule has 1 aliphatic heterocycles. The third kappa shape index (κ3) is 2.51. The predicted octanol–water partition coefficient (Wildman–Crippen LogP) is 3.30. The lowest BCUT2D eigenvalue weighted by Crippen LogP contribution is -2.17. The standard InChI is InChI=1S/C12H14Br2N4.ClH/c13-8-6-9-11-7(10(8)14)2-1-5-18(11)12(17-9)16-4-3-15;/h6H,1-5,15H2,(H,16,17);1H. The van der Waals surface area contributed by atoms with Crippen LogP contribution >= 0.6 is 44.3 Å². The summed E-state index contributed by atoms with van der Waals surface area (Å²) >= 11 is 7.25. The molecule has 0 amide bonds. The van der Waals surface area contributed by atoms with Gasteiger partial charge in [0.05, 0.1) is 11.0 Å². The summed E-state index contributed by atoms with van der Waals surface area (Å²) in [6, 6.07) is 2.07. The van der Waals surface area contributed by atoms with Crippen LogP contribution in [0.1, 0.15) is 12.0 Å². The molecule has 7 heteroatoms. The molecule has 104 valence electrons. The second-order valence-electron chi connectivity index (χ2n) is 4.42. The maximum Gasteiger partial charge on any atom is 0.203 e. The van der Waals surface area contributed by atoms with Crippen molar-refractivity contribution in [1.29, 1.82) is 0 Å². The fraction of sp³-hybridized carbons (Fsp3) is 0.417. The second-order valence-corrected chi connectivity index (χ2v) is 6.07. The van der Waals surface area contributed by atoms with Crippen LogP contribution in [0, 0.1) is 0 Å². The maximum atomic E-state index is 5.54. The summed E-state index contributed by atoms with van der Waals surface area (Å²) in [7, 11) is 0. The molecule has 2 aromatic rings. The van der Waals surface area contributed by atoms with Crippen molar-refractivity contribution in [3.8, 4) is 0 Å². The molecule has 1 aromatic carbocycles. The Labute approximate surface area is 134 Å². The van der Waals surface area contributed by atoms with Crippen molar-refractivity contribution in [2.75, 3.05) is 18.4 Å². The normalized spacial score (nSPS) is 13.4. The molecule has 0 radical (unpaired) electrons. The average molecular weight is 411 g/mol. The highest BCUT2D eigenvalue weighted by Crippen LogP contribution is 2.38. The van der Waals surface area contributed by atoms with Gasteiger partial charge in [-0.25, -0.2) is 4.98 Å². The zero-order valence-electron chi connectivity index (χ0n) is 10.2. The van der Waals surface area contributed by atoms with Gasteiger partial charge < -0.3 is 15.6 Å². The van der Waals surface area contributed by atoms with Gasteiger partial charge in [0, 0.05) is 28.6 Å². The molecule has 2 heterocycles. The molecule has 3 N–H and O–H groups in total. The zero-order chi connectivity index (χ0) is 12.7. The van der Waals surface area contributed by atoms with Gasteiger partial charge in [-0.15, -0.1) is 12.4 Å². The van der Waals surface area contributed by atoms with Crippen LogP contribution in [0.4, 0.5) is 5.95 Å². The molecular formula is C12H15Br2ClN4. The van der Waals surface area contributed by atoms with Gasteiger partial charge in [0.1, 0.15) is 0 Å². The van der Waals surface area contributed by atoms with Crippen LogP contribution in [0.2, 0.25) is 0 Å². The van der Waals surface area contributed by atoms with Crippen molar-refractivity contribution in [2.45, 2.75) is 19.4 Å². The van der Waals surface area contributed by atoms with Gasteiger partial charge in [-0.1, -0.05) is 0 Å². The fourth-order valence-electron chi connectivity index (χ4n) is 2.50. The van der Waals surface area contributed by atoms with Crippen LogP contribution in [0.3, 0.4) is 0 Å². The van der Waals surface area contributed by atoms with E-state index in [2.05, 4.69) is 52.8 Å². The molecule has 4 nitrogen and oxygen atoms in total. The zero-order valence-corrected chi connectivity index (χ0v) is 14.2. The number of nitrogens with one attached hydrogen (secondary N) is 1. The molecule has 1 aliphatic rings. The second kappa shape index (κ2) is 5.99. The van der Waals surface area contributed by atoms with Gasteiger partial charge in [-0.2, -0.15) is 0 Å². The molecule has 0 saturated heterocycles. The number of hydrogen-bond donors (Lipinski definition) is 2. The Morgan fingerprint density at radius 3 is 2.95 bits per heavy atom. The number of nitrogens with zero attached hydrogens (tertiary/aromatic N) is 2. The van der Waals surface area contributed by atoms with Crippen molar-refractivity contribution in [1.82, 2.24) is 9.55 Å². The van der Waals surface area contributed by atoms with E-state index >= 15 is 0 Å². The van der Waals surface area contributed by atoms with E-state index in [0.29, 0.717) is 6.54 Å². The minimum Gasteiger partial charge on any atom is -0.354 e. The summed E-state index contributed by atoms with van der Waals surface area (Å²) in [5.41, 5.74) is 9.17. The lowest BCUT2D eigenvalue weighted by atomic mass is 10.0. The quantitative estimate of drug-likeness (QED) is 0.816. The molecule has 0 fully saturated rings. The minimum atomic E-state index is 0. The van der Waals surface area contributed by atoms with Crippen LogP contribution in [0.5, 0.6) is 0 Å². The Kier molecular flexibility index (Phi) is 4.76. The van der Waals surface area contributed by atoms with Crippen LogP contribution in [0.15, 0.2) is 15.0 Å². The lowest BCUT2D eigenvalue weighted by Gasteiger charge is -2.18. The van der Waals surface area contributed by atoms with Crippen molar-refractivity contribution < 1.29 is 0 Å².